The van der Waals surface area contributed by atoms with Crippen molar-refractivity contribution in [1.82, 2.24) is 10.6 Å². The predicted octanol–water partition coefficient (Wildman–Crippen LogP) is -2.70. The molecule has 0 saturated heterocycles. The fourth-order valence-electron chi connectivity index (χ4n) is 0.972. The van der Waals surface area contributed by atoms with Crippen molar-refractivity contribution in [2.75, 3.05) is 13.1 Å². The third-order valence-electron chi connectivity index (χ3n) is 1.81. The predicted molar refractivity (Wildman–Crippen MR) is 65.8 cm³/mol. The van der Waals surface area contributed by atoms with E-state index in [1.807, 2.05) is 13.8 Å². The molecule has 0 radical (unpaired) electrons. The molecule has 2 amide bonds. The molecule has 8 nitrogen and oxygen atoms in total. The van der Waals surface area contributed by atoms with Gasteiger partial charge in [-0.1, -0.05) is 13.8 Å². The van der Waals surface area contributed by atoms with E-state index in [0.717, 1.165) is 12.8 Å². The number of aliphatic carboxylic acids is 2. The van der Waals surface area contributed by atoms with E-state index in [-0.39, 0.29) is 31.3 Å². The van der Waals surface area contributed by atoms with E-state index in [0.29, 0.717) is 12.8 Å². The second kappa shape index (κ2) is 16.6. The number of carboxylic acids is 2. The second-order valence-electron chi connectivity index (χ2n) is 3.80. The van der Waals surface area contributed by atoms with Crippen molar-refractivity contribution < 1.29 is 48.9 Å². The van der Waals surface area contributed by atoms with Crippen molar-refractivity contribution in [3.8, 4) is 0 Å². The van der Waals surface area contributed by atoms with Crippen LogP contribution in [0.15, 0.2) is 0 Å². The molecule has 0 heterocycles. The number of nitrogens with one attached hydrogen (secondary N) is 2. The van der Waals surface area contributed by atoms with Crippen LogP contribution in [0.25, 0.3) is 0 Å². The van der Waals surface area contributed by atoms with E-state index in [1.54, 1.807) is 0 Å². The van der Waals surface area contributed by atoms with Crippen molar-refractivity contribution in [2.24, 2.45) is 0 Å². The van der Waals surface area contributed by atoms with Gasteiger partial charge in [-0.05, 0) is 12.8 Å². The van der Waals surface area contributed by atoms with Gasteiger partial charge in [-0.2, -0.15) is 0 Å². The summed E-state index contributed by atoms with van der Waals surface area (Å²) in [6, 6.07) is 0. The standard InChI is InChI=1S/2C6H11NO3.Zn/c2*1-2-3-5(8)7-4-6(9)10;/h2*2-4H2,1H3,(H,7,8)(H,9,10);/q;;+2/p-2. The van der Waals surface area contributed by atoms with Gasteiger partial charge in [-0.15, -0.1) is 0 Å². The Morgan fingerprint density at radius 3 is 1.24 bits per heavy atom. The van der Waals surface area contributed by atoms with Crippen molar-refractivity contribution in [3.63, 3.8) is 0 Å². The van der Waals surface area contributed by atoms with Gasteiger partial charge in [-0.3, -0.25) is 9.59 Å². The number of carbonyl (C=O) groups is 4. The summed E-state index contributed by atoms with van der Waals surface area (Å²) in [5, 5.41) is 23.9. The molecule has 0 saturated carbocycles. The number of hydrogen-bond acceptors (Lipinski definition) is 6. The molecule has 0 aromatic carbocycles. The van der Waals surface area contributed by atoms with Crippen molar-refractivity contribution in [3.05, 3.63) is 0 Å². The van der Waals surface area contributed by atoms with Gasteiger partial charge >= 0.3 is 19.5 Å². The van der Waals surface area contributed by atoms with Crippen LogP contribution in [0.5, 0.6) is 0 Å². The summed E-state index contributed by atoms with van der Waals surface area (Å²) >= 11 is 0. The smallest absolute Gasteiger partial charge is 0.548 e. The van der Waals surface area contributed by atoms with Crippen LogP contribution in [0, 0.1) is 0 Å². The third-order valence-corrected chi connectivity index (χ3v) is 1.81. The summed E-state index contributed by atoms with van der Waals surface area (Å²) < 4.78 is 0. The van der Waals surface area contributed by atoms with E-state index in [9.17, 15) is 29.4 Å². The molecule has 0 spiro atoms. The summed E-state index contributed by atoms with van der Waals surface area (Å²) in [6.07, 6.45) is 2.18. The van der Waals surface area contributed by atoms with Crippen molar-refractivity contribution in [1.29, 1.82) is 0 Å². The number of rotatable bonds is 8. The molecule has 2 N–H and O–H groups in total. The topological polar surface area (TPSA) is 138 Å². The molecule has 0 unspecified atom stereocenters. The molecule has 0 bridgehead atoms. The SMILES string of the molecule is CCCC(=O)NCC(=O)[O-].CCCC(=O)NCC(=O)[O-].[Zn+2]. The molecule has 0 aromatic heterocycles. The quantitative estimate of drug-likeness (QED) is 0.455. The Bertz CT molecular complexity index is 304. The first-order chi connectivity index (χ1) is 9.33. The minimum absolute atomic E-state index is 0. The Kier molecular flexibility index (Phi) is 19.3. The van der Waals surface area contributed by atoms with Gasteiger partial charge in [0.2, 0.25) is 11.8 Å². The monoisotopic (exact) mass is 352 g/mol. The van der Waals surface area contributed by atoms with E-state index < -0.39 is 25.0 Å². The minimum atomic E-state index is -1.26. The number of amides is 2. The fraction of sp³-hybridized carbons (Fsp3) is 0.667. The van der Waals surface area contributed by atoms with Gasteiger partial charge in [0.15, 0.2) is 0 Å². The van der Waals surface area contributed by atoms with Crippen LogP contribution in [-0.4, -0.2) is 36.8 Å². The number of carboxylic acid groups (broad SMARTS) is 2. The molecule has 0 atom stereocenters. The molecule has 0 fully saturated rings. The molecule has 0 aliphatic carbocycles. The Balaban J connectivity index is -0.000000295. The summed E-state index contributed by atoms with van der Waals surface area (Å²) in [5.74, 6) is -3.01. The van der Waals surface area contributed by atoms with Crippen molar-refractivity contribution in [2.45, 2.75) is 39.5 Å². The maximum absolute atomic E-state index is 10.5. The average molecular weight is 354 g/mol. The third kappa shape index (κ3) is 24.0. The Hall–Kier alpha value is -1.50. The summed E-state index contributed by atoms with van der Waals surface area (Å²) in [6.45, 7) is 2.91. The largest absolute Gasteiger partial charge is 2.00 e. The zero-order valence-electron chi connectivity index (χ0n) is 12.4. The van der Waals surface area contributed by atoms with Crippen LogP contribution in [-0.2, 0) is 38.7 Å². The zero-order chi connectivity index (χ0) is 16.0. The van der Waals surface area contributed by atoms with Gasteiger partial charge in [-0.25, -0.2) is 0 Å². The van der Waals surface area contributed by atoms with Gasteiger partial charge in [0, 0.05) is 12.8 Å². The molecule has 0 aliphatic heterocycles. The Labute approximate surface area is 136 Å². The zero-order valence-corrected chi connectivity index (χ0v) is 15.4. The first-order valence-electron chi connectivity index (χ1n) is 6.26. The van der Waals surface area contributed by atoms with E-state index in [4.69, 9.17) is 0 Å². The maximum atomic E-state index is 10.5. The molecular formula is C12H20N2O6Zn. The van der Waals surface area contributed by atoms with Gasteiger partial charge < -0.3 is 30.4 Å². The van der Waals surface area contributed by atoms with Crippen LogP contribution in [0.1, 0.15) is 39.5 Å². The first-order valence-corrected chi connectivity index (χ1v) is 6.26. The molecule has 0 aromatic rings. The minimum Gasteiger partial charge on any atom is -0.548 e. The van der Waals surface area contributed by atoms with Crippen LogP contribution in [0.3, 0.4) is 0 Å². The average Bonchev–Trinajstić information content (AvgIpc) is 2.35. The molecule has 9 heteroatoms. The normalized spacial score (nSPS) is 8.48. The molecular weight excluding hydrogens is 334 g/mol. The summed E-state index contributed by atoms with van der Waals surface area (Å²) in [4.78, 5) is 40.7. The van der Waals surface area contributed by atoms with Crippen molar-refractivity contribution >= 4 is 23.8 Å². The van der Waals surface area contributed by atoms with E-state index >= 15 is 0 Å². The Morgan fingerprint density at radius 1 is 0.762 bits per heavy atom. The van der Waals surface area contributed by atoms with E-state index in [1.165, 1.54) is 0 Å². The molecule has 0 rings (SSSR count). The Morgan fingerprint density at radius 2 is 1.05 bits per heavy atom. The number of hydrogen-bond donors (Lipinski definition) is 2. The van der Waals surface area contributed by atoms with Crippen LogP contribution in [0.4, 0.5) is 0 Å². The summed E-state index contributed by atoms with van der Waals surface area (Å²) in [5.41, 5.74) is 0. The molecule has 116 valence electrons. The van der Waals surface area contributed by atoms with Crippen LogP contribution < -0.4 is 20.8 Å². The summed E-state index contributed by atoms with van der Waals surface area (Å²) in [7, 11) is 0. The van der Waals surface area contributed by atoms with E-state index in [2.05, 4.69) is 10.6 Å². The number of carbonyl (C=O) groups excluding carboxylic acids is 4. The van der Waals surface area contributed by atoms with Gasteiger partial charge in [0.1, 0.15) is 0 Å². The fourth-order valence-corrected chi connectivity index (χ4v) is 0.972. The van der Waals surface area contributed by atoms with Crippen LogP contribution in [0.2, 0.25) is 0 Å². The second-order valence-corrected chi connectivity index (χ2v) is 3.80. The first kappa shape index (κ1) is 24.5. The van der Waals surface area contributed by atoms with Gasteiger partial charge in [0.05, 0.1) is 25.0 Å². The maximum Gasteiger partial charge on any atom is 2.00 e. The molecule has 0 aliphatic rings. The van der Waals surface area contributed by atoms with Gasteiger partial charge in [0.25, 0.3) is 0 Å². The molecule has 21 heavy (non-hydrogen) atoms. The van der Waals surface area contributed by atoms with Crippen LogP contribution >= 0.6 is 0 Å².